The number of piperazine rings is 1. The van der Waals surface area contributed by atoms with Crippen molar-refractivity contribution in [3.05, 3.63) is 41.7 Å². The number of methoxy groups -OCH3 is 1. The molecule has 19 nitrogen and oxygen atoms in total. The first-order chi connectivity index (χ1) is 39.9. The second kappa shape index (κ2) is 22.6. The largest absolute Gasteiger partial charge is 0.464 e. The molecule has 3 N–H and O–H groups in total. The van der Waals surface area contributed by atoms with Crippen LogP contribution in [0.1, 0.15) is 109 Å². The summed E-state index contributed by atoms with van der Waals surface area (Å²) in [5, 5.41) is 8.79. The molecule has 22 heteroatoms. The number of rotatable bonds is 12. The summed E-state index contributed by atoms with van der Waals surface area (Å²) in [6.07, 6.45) is 5.92. The van der Waals surface area contributed by atoms with Gasteiger partial charge in [0.2, 0.25) is 11.8 Å². The summed E-state index contributed by atoms with van der Waals surface area (Å²) < 4.78 is 72.2. The Balaban J connectivity index is 0.828. The van der Waals surface area contributed by atoms with Crippen LogP contribution in [0.25, 0.3) is 22.2 Å². The highest BCUT2D eigenvalue weighted by atomic mass is 19.4. The topological polar surface area (TPSA) is 188 Å². The number of nitrogens with one attached hydrogen (secondary N) is 3. The van der Waals surface area contributed by atoms with E-state index in [1.165, 1.54) is 35.3 Å². The van der Waals surface area contributed by atoms with E-state index in [9.17, 15) is 9.59 Å². The molecule has 0 unspecified atom stereocenters. The summed E-state index contributed by atoms with van der Waals surface area (Å²) in [7, 11) is 1.58. The summed E-state index contributed by atoms with van der Waals surface area (Å²) in [6.45, 7) is 11.6. The van der Waals surface area contributed by atoms with Crippen LogP contribution < -0.4 is 25.9 Å². The van der Waals surface area contributed by atoms with Gasteiger partial charge >= 0.3 is 12.1 Å². The van der Waals surface area contributed by atoms with Crippen molar-refractivity contribution in [2.45, 2.75) is 165 Å². The highest BCUT2D eigenvalue weighted by molar-refractivity contribution is 5.95. The maximum Gasteiger partial charge on any atom is 0.406 e. The molecule has 2 aromatic heterocycles. The van der Waals surface area contributed by atoms with Crippen molar-refractivity contribution in [3.8, 4) is 11.3 Å². The van der Waals surface area contributed by atoms with Gasteiger partial charge in [0.15, 0.2) is 0 Å². The number of anilines is 2. The number of esters is 1. The van der Waals surface area contributed by atoms with Crippen molar-refractivity contribution in [2.24, 2.45) is 17.3 Å². The van der Waals surface area contributed by atoms with E-state index in [0.717, 1.165) is 63.2 Å². The van der Waals surface area contributed by atoms with E-state index >= 15 is 22.8 Å². The minimum absolute atomic E-state index is 0.0550. The molecule has 3 amide bonds. The Morgan fingerprint density at radius 3 is 2.42 bits per heavy atom. The van der Waals surface area contributed by atoms with Crippen LogP contribution in [0.3, 0.4) is 0 Å². The highest BCUT2D eigenvalue weighted by Crippen LogP contribution is 2.46. The molecule has 6 bridgehead atoms. The third kappa shape index (κ3) is 12.0. The van der Waals surface area contributed by atoms with E-state index in [2.05, 4.69) is 35.7 Å². The summed E-state index contributed by atoms with van der Waals surface area (Å²) in [6, 6.07) is 5.99. The standard InChI is InChI=1S/C61H84F3N11O8/c1-37(80-4)50-45(27-42(30-65-50)70-20-18-69(19-21-70)40-13-14-40)54-46-29-59(2,3)36-82-58(79)47-10-7-17-75(68-47)56(77)48(28-43-31-71(22-24-81-43)41-15-16-49(44(46)26-41)74(54)35-61(62,63)64)66-55(76)53(39-8-5-6-9-39)72-23-25-83-60(32-72)33-73(34-60)57(78)52-51(67-52)38-11-12-38/h15-16,26-27,30,37-40,43,47-48,51-53,67-68H,5-14,17-25,28-29,31-36H2,1-4H3,(H,66,76)/t37-,43-,47-,48-,51+,52+,53-/m0/s1. The lowest BCUT2D eigenvalue weighted by atomic mass is 9.84. The summed E-state index contributed by atoms with van der Waals surface area (Å²) in [4.78, 5) is 74.3. The average Bonchev–Trinajstić information content (AvgIpc) is 4.49. The van der Waals surface area contributed by atoms with E-state index in [-0.39, 0.29) is 55.2 Å². The summed E-state index contributed by atoms with van der Waals surface area (Å²) >= 11 is 0. The van der Waals surface area contributed by atoms with Gasteiger partial charge in [-0.25, -0.2) is 5.43 Å². The average molecular weight is 1160 g/mol. The van der Waals surface area contributed by atoms with E-state index < -0.39 is 60.0 Å². The number of likely N-dealkylation sites (tertiary alicyclic amines) is 1. The zero-order chi connectivity index (χ0) is 57.5. The number of ether oxygens (including phenoxy) is 4. The van der Waals surface area contributed by atoms with Crippen LogP contribution in [0.2, 0.25) is 0 Å². The Bertz CT molecular complexity index is 2930. The van der Waals surface area contributed by atoms with Gasteiger partial charge in [-0.1, -0.05) is 26.7 Å². The number of morpholine rings is 2. The maximum absolute atomic E-state index is 15.3. The molecule has 83 heavy (non-hydrogen) atoms. The lowest BCUT2D eigenvalue weighted by Gasteiger charge is -2.55. The molecule has 13 rings (SSSR count). The van der Waals surface area contributed by atoms with Crippen LogP contribution in [-0.2, 0) is 51.1 Å². The fraction of sp³-hybridized carbons (Fsp3) is 0.721. The molecular weight excluding hydrogens is 1070 g/mol. The lowest BCUT2D eigenvalue weighted by molar-refractivity contribution is -0.197. The van der Waals surface area contributed by atoms with Crippen LogP contribution in [0, 0.1) is 17.3 Å². The first-order valence-corrected chi connectivity index (χ1v) is 31.0. The molecule has 7 aliphatic heterocycles. The van der Waals surface area contributed by atoms with Gasteiger partial charge in [0.25, 0.3) is 5.91 Å². The smallest absolute Gasteiger partial charge is 0.406 e. The van der Waals surface area contributed by atoms with Gasteiger partial charge in [-0.15, -0.1) is 0 Å². The number of halogens is 3. The number of pyridine rings is 1. The van der Waals surface area contributed by atoms with Gasteiger partial charge in [0, 0.05) is 112 Å². The molecule has 10 aliphatic rings. The van der Waals surface area contributed by atoms with E-state index in [1.54, 1.807) is 13.2 Å². The number of amides is 3. The molecule has 7 atom stereocenters. The predicted octanol–water partition coefficient (Wildman–Crippen LogP) is 5.18. The van der Waals surface area contributed by atoms with Crippen molar-refractivity contribution in [3.63, 3.8) is 0 Å². The number of carbonyl (C=O) groups is 4. The zero-order valence-electron chi connectivity index (χ0n) is 48.7. The minimum Gasteiger partial charge on any atom is -0.464 e. The third-order valence-electron chi connectivity index (χ3n) is 19.8. The maximum atomic E-state index is 15.3. The van der Waals surface area contributed by atoms with E-state index in [1.807, 2.05) is 50.1 Å². The molecule has 3 aliphatic carbocycles. The molecule has 3 saturated carbocycles. The van der Waals surface area contributed by atoms with Crippen molar-refractivity contribution in [1.29, 1.82) is 0 Å². The van der Waals surface area contributed by atoms with Gasteiger partial charge in [-0.3, -0.25) is 44.3 Å². The van der Waals surface area contributed by atoms with Crippen LogP contribution in [-0.4, -0.2) is 206 Å². The molecule has 0 radical (unpaired) electrons. The van der Waals surface area contributed by atoms with Gasteiger partial charge in [0.05, 0.1) is 74.4 Å². The number of aromatic nitrogens is 2. The molecular formula is C61H84F3N11O8. The number of hydrazine groups is 1. The fourth-order valence-corrected chi connectivity index (χ4v) is 15.0. The SMILES string of the molecule is CO[C@@H](C)c1ncc(N2CCN(C3CC3)CC2)cc1-c1c2c3cc(ccc3n1CC(F)(F)F)N1CCO[C@@H](C[C@H](NC(=O)[C@H](C3CCCC3)N3CCOC4(CN(C(=O)[C@@H]5N[C@@H]5C5CC5)C4)C3)C(=O)N3CCC[C@H](N3)C(=O)OCC(C)(C)C2)C1. The number of alkyl halides is 3. The van der Waals surface area contributed by atoms with E-state index in [0.29, 0.717) is 117 Å². The molecule has 9 fully saturated rings. The number of cyclic esters (lactones) is 1. The quantitative estimate of drug-likeness (QED) is 0.159. The second-order valence-corrected chi connectivity index (χ2v) is 26.7. The second-order valence-electron chi connectivity index (χ2n) is 26.7. The molecule has 1 spiro atoms. The first kappa shape index (κ1) is 57.0. The molecule has 1 aromatic carbocycles. The first-order valence-electron chi connectivity index (χ1n) is 31.0. The normalized spacial score (nSPS) is 29.1. The Morgan fingerprint density at radius 2 is 1.69 bits per heavy atom. The Morgan fingerprint density at radius 1 is 0.904 bits per heavy atom. The number of benzene rings is 1. The van der Waals surface area contributed by atoms with Crippen molar-refractivity contribution >= 4 is 46.0 Å². The zero-order valence-corrected chi connectivity index (χ0v) is 48.7. The molecule has 9 heterocycles. The molecule has 3 aromatic rings. The number of hydrogen-bond donors (Lipinski definition) is 3. The monoisotopic (exact) mass is 1160 g/mol. The number of fused-ring (bicyclic) bond motifs is 6. The predicted molar refractivity (Wildman–Crippen MR) is 304 cm³/mol. The number of nitrogens with zero attached hydrogens (tertiary/aromatic N) is 8. The highest BCUT2D eigenvalue weighted by Gasteiger charge is 2.58. The van der Waals surface area contributed by atoms with Crippen LogP contribution in [0.5, 0.6) is 0 Å². The van der Waals surface area contributed by atoms with Crippen LogP contribution in [0.15, 0.2) is 30.5 Å². The summed E-state index contributed by atoms with van der Waals surface area (Å²) in [5.74, 6) is -0.374. The van der Waals surface area contributed by atoms with Crippen LogP contribution >= 0.6 is 0 Å². The molecule has 452 valence electrons. The minimum atomic E-state index is -4.60. The van der Waals surface area contributed by atoms with Gasteiger partial charge < -0.3 is 43.5 Å². The van der Waals surface area contributed by atoms with Gasteiger partial charge in [-0.05, 0) is 106 Å². The van der Waals surface area contributed by atoms with Crippen molar-refractivity contribution in [1.82, 2.24) is 45.3 Å². The molecule has 6 saturated heterocycles. The van der Waals surface area contributed by atoms with Gasteiger partial charge in [-0.2, -0.15) is 13.2 Å². The third-order valence-corrected chi connectivity index (χ3v) is 19.8. The number of carbonyl (C=O) groups excluding carboxylic acids is 4. The number of hydrogen-bond acceptors (Lipinski definition) is 15. The summed E-state index contributed by atoms with van der Waals surface area (Å²) in [5.41, 5.74) is 6.00. The Kier molecular flexibility index (Phi) is 15.5. The lowest BCUT2D eigenvalue weighted by Crippen LogP contribution is -2.73. The van der Waals surface area contributed by atoms with Gasteiger partial charge in [0.1, 0.15) is 30.3 Å². The van der Waals surface area contributed by atoms with Crippen molar-refractivity contribution < 1.29 is 51.3 Å². The fourth-order valence-electron chi connectivity index (χ4n) is 15.0. The van der Waals surface area contributed by atoms with Crippen LogP contribution in [0.4, 0.5) is 24.5 Å². The van der Waals surface area contributed by atoms with E-state index in [4.69, 9.17) is 23.9 Å². The Hall–Kier alpha value is -5.10. The Labute approximate surface area is 484 Å². The van der Waals surface area contributed by atoms with Crippen molar-refractivity contribution in [2.75, 3.05) is 109 Å².